The number of para-hydroxylation sites is 1. The highest BCUT2D eigenvalue weighted by Gasteiger charge is 2.34. The summed E-state index contributed by atoms with van der Waals surface area (Å²) in [6.45, 7) is 0.384. The zero-order valence-electron chi connectivity index (χ0n) is 22.7. The van der Waals surface area contributed by atoms with Crippen molar-refractivity contribution in [3.05, 3.63) is 118 Å². The molecule has 0 saturated heterocycles. The van der Waals surface area contributed by atoms with Crippen LogP contribution in [-0.2, 0) is 11.2 Å². The maximum absolute atomic E-state index is 13.6. The lowest BCUT2D eigenvalue weighted by atomic mass is 9.84. The topological polar surface area (TPSA) is 84.2 Å². The summed E-state index contributed by atoms with van der Waals surface area (Å²) >= 11 is 0. The van der Waals surface area contributed by atoms with Gasteiger partial charge in [0.15, 0.2) is 11.5 Å². The van der Waals surface area contributed by atoms with Crippen molar-refractivity contribution in [2.24, 2.45) is 0 Å². The van der Waals surface area contributed by atoms with Gasteiger partial charge in [0.1, 0.15) is 23.3 Å². The van der Waals surface area contributed by atoms with Gasteiger partial charge in [-0.05, 0) is 41.5 Å². The number of esters is 1. The van der Waals surface area contributed by atoms with E-state index < -0.39 is 5.92 Å². The Labute approximate surface area is 236 Å². The molecule has 2 heterocycles. The summed E-state index contributed by atoms with van der Waals surface area (Å²) in [5.74, 6) is 1.38. The Morgan fingerprint density at radius 3 is 2.41 bits per heavy atom. The predicted octanol–water partition coefficient (Wildman–Crippen LogP) is 6.54. The largest absolute Gasteiger partial charge is 0.497 e. The van der Waals surface area contributed by atoms with Crippen molar-refractivity contribution in [3.8, 4) is 34.1 Å². The first kappa shape index (κ1) is 26.2. The molecule has 7 heteroatoms. The molecule has 1 aliphatic heterocycles. The lowest BCUT2D eigenvalue weighted by Crippen LogP contribution is -2.22. The number of fused-ring (bicyclic) bond motifs is 3. The molecule has 0 N–H and O–H groups in total. The van der Waals surface area contributed by atoms with E-state index in [4.69, 9.17) is 23.4 Å². The van der Waals surface area contributed by atoms with E-state index in [2.05, 4.69) is 0 Å². The van der Waals surface area contributed by atoms with Crippen LogP contribution in [0, 0.1) is 0 Å². The minimum absolute atomic E-state index is 0.0538. The number of hydrogen-bond acceptors (Lipinski definition) is 7. The molecule has 4 aromatic carbocycles. The van der Waals surface area contributed by atoms with Crippen molar-refractivity contribution in [2.45, 2.75) is 18.8 Å². The molecule has 0 unspecified atom stereocenters. The molecule has 5 aromatic rings. The van der Waals surface area contributed by atoms with Crippen LogP contribution in [0.25, 0.3) is 22.1 Å². The molecule has 0 radical (unpaired) electrons. The van der Waals surface area contributed by atoms with Crippen molar-refractivity contribution >= 4 is 16.9 Å². The van der Waals surface area contributed by atoms with Gasteiger partial charge in [-0.3, -0.25) is 9.59 Å². The fraction of sp³-hybridized carbons (Fsp3) is 0.176. The number of hydrogen-bond donors (Lipinski definition) is 0. The summed E-state index contributed by atoms with van der Waals surface area (Å²) in [5.41, 5.74) is 3.94. The van der Waals surface area contributed by atoms with Gasteiger partial charge >= 0.3 is 5.97 Å². The summed E-state index contributed by atoms with van der Waals surface area (Å²) in [5, 5.41) is 0.415. The van der Waals surface area contributed by atoms with Gasteiger partial charge in [-0.25, -0.2) is 0 Å². The second-order valence-corrected chi connectivity index (χ2v) is 9.75. The van der Waals surface area contributed by atoms with Gasteiger partial charge in [-0.1, -0.05) is 54.6 Å². The Morgan fingerprint density at radius 1 is 0.854 bits per heavy atom. The molecule has 0 aliphatic carbocycles. The van der Waals surface area contributed by atoms with Crippen LogP contribution in [0.3, 0.4) is 0 Å². The molecular weight excluding hydrogens is 520 g/mol. The van der Waals surface area contributed by atoms with Crippen LogP contribution in [-0.4, -0.2) is 26.8 Å². The third-order valence-corrected chi connectivity index (χ3v) is 7.37. The SMILES string of the molecule is COc1ccc(CCOc2c(OC)cccc2[C@H]2CC(=O)Oc3ccc4c(=O)c(-c5ccccc5)coc4c32)cc1. The summed E-state index contributed by atoms with van der Waals surface area (Å²) in [7, 11) is 3.22. The lowest BCUT2D eigenvalue weighted by molar-refractivity contribution is -0.135. The molecular formula is C34H28O7. The van der Waals surface area contributed by atoms with E-state index in [1.54, 1.807) is 26.4 Å². The predicted molar refractivity (Wildman–Crippen MR) is 155 cm³/mol. The highest BCUT2D eigenvalue weighted by atomic mass is 16.5. The molecule has 0 saturated carbocycles. The highest BCUT2D eigenvalue weighted by molar-refractivity contribution is 5.90. The van der Waals surface area contributed by atoms with Crippen LogP contribution in [0.5, 0.6) is 23.0 Å². The minimum Gasteiger partial charge on any atom is -0.497 e. The van der Waals surface area contributed by atoms with Gasteiger partial charge < -0.3 is 23.4 Å². The van der Waals surface area contributed by atoms with Crippen LogP contribution in [0.2, 0.25) is 0 Å². The van der Waals surface area contributed by atoms with E-state index in [-0.39, 0.29) is 17.8 Å². The first-order valence-electron chi connectivity index (χ1n) is 13.3. The zero-order chi connectivity index (χ0) is 28.3. The van der Waals surface area contributed by atoms with Crippen molar-refractivity contribution < 1.29 is 28.2 Å². The van der Waals surface area contributed by atoms with Crippen LogP contribution >= 0.6 is 0 Å². The van der Waals surface area contributed by atoms with Crippen molar-refractivity contribution in [3.63, 3.8) is 0 Å². The summed E-state index contributed by atoms with van der Waals surface area (Å²) in [6.07, 6.45) is 2.19. The van der Waals surface area contributed by atoms with Gasteiger partial charge in [0.25, 0.3) is 0 Å². The van der Waals surface area contributed by atoms with Crippen LogP contribution in [0.1, 0.15) is 29.0 Å². The number of rotatable bonds is 8. The number of carbonyl (C=O) groups is 1. The third kappa shape index (κ3) is 5.02. The first-order valence-corrected chi connectivity index (χ1v) is 13.3. The Kier molecular flexibility index (Phi) is 7.17. The second-order valence-electron chi connectivity index (χ2n) is 9.75. The van der Waals surface area contributed by atoms with E-state index in [0.29, 0.717) is 52.4 Å². The Morgan fingerprint density at radius 2 is 1.66 bits per heavy atom. The summed E-state index contributed by atoms with van der Waals surface area (Å²) in [6, 6.07) is 26.1. The van der Waals surface area contributed by atoms with Gasteiger partial charge in [0.05, 0.1) is 38.2 Å². The number of carbonyl (C=O) groups excluding carboxylic acids is 1. The van der Waals surface area contributed by atoms with Crippen LogP contribution < -0.4 is 24.4 Å². The van der Waals surface area contributed by atoms with E-state index in [0.717, 1.165) is 22.4 Å². The van der Waals surface area contributed by atoms with Crippen LogP contribution in [0.15, 0.2) is 100 Å². The van der Waals surface area contributed by atoms with E-state index in [1.807, 2.05) is 72.8 Å². The van der Waals surface area contributed by atoms with Gasteiger partial charge in [0, 0.05) is 23.5 Å². The number of methoxy groups -OCH3 is 2. The molecule has 0 spiro atoms. The maximum Gasteiger partial charge on any atom is 0.312 e. The smallest absolute Gasteiger partial charge is 0.312 e. The molecule has 7 nitrogen and oxygen atoms in total. The summed E-state index contributed by atoms with van der Waals surface area (Å²) in [4.78, 5) is 26.4. The standard InChI is InChI=1S/C34H28O7/c1-37-23-13-11-21(12-14-23)17-18-39-33-24(9-6-10-29(33)38-2)26-19-30(35)41-28-16-15-25-32(36)27(20-40-34(25)31(26)28)22-7-4-3-5-8-22/h3-16,20,26H,17-19H2,1-2H3/t26-/m1/s1. The molecule has 1 aliphatic rings. The molecule has 0 fully saturated rings. The fourth-order valence-electron chi connectivity index (χ4n) is 5.32. The monoisotopic (exact) mass is 548 g/mol. The van der Waals surface area contributed by atoms with Crippen molar-refractivity contribution in [1.29, 1.82) is 0 Å². The van der Waals surface area contributed by atoms with Crippen molar-refractivity contribution in [2.75, 3.05) is 20.8 Å². The summed E-state index contributed by atoms with van der Waals surface area (Å²) < 4.78 is 29.0. The van der Waals surface area contributed by atoms with E-state index in [9.17, 15) is 9.59 Å². The normalized spacial score (nSPS) is 14.3. The molecule has 1 atom stereocenters. The molecule has 0 bridgehead atoms. The van der Waals surface area contributed by atoms with E-state index >= 15 is 0 Å². The first-order chi connectivity index (χ1) is 20.1. The third-order valence-electron chi connectivity index (χ3n) is 7.37. The molecule has 1 aromatic heterocycles. The maximum atomic E-state index is 13.6. The van der Waals surface area contributed by atoms with Gasteiger partial charge in [0.2, 0.25) is 5.43 Å². The number of benzene rings is 4. The highest BCUT2D eigenvalue weighted by Crippen LogP contribution is 2.47. The average Bonchev–Trinajstić information content (AvgIpc) is 3.01. The zero-order valence-corrected chi connectivity index (χ0v) is 22.7. The Balaban J connectivity index is 1.41. The molecule has 0 amide bonds. The molecule has 6 rings (SSSR count). The lowest BCUT2D eigenvalue weighted by Gasteiger charge is -2.27. The minimum atomic E-state index is -0.480. The van der Waals surface area contributed by atoms with Crippen molar-refractivity contribution in [1.82, 2.24) is 0 Å². The average molecular weight is 549 g/mol. The number of ether oxygens (including phenoxy) is 4. The van der Waals surface area contributed by atoms with E-state index in [1.165, 1.54) is 6.26 Å². The Hall–Kier alpha value is -5.04. The second kappa shape index (κ2) is 11.2. The Bertz CT molecular complexity index is 1770. The van der Waals surface area contributed by atoms with Gasteiger partial charge in [-0.2, -0.15) is 0 Å². The molecule has 206 valence electrons. The quantitative estimate of drug-likeness (QED) is 0.161. The fourth-order valence-corrected chi connectivity index (χ4v) is 5.32. The molecule has 41 heavy (non-hydrogen) atoms. The van der Waals surface area contributed by atoms with Gasteiger partial charge in [-0.15, -0.1) is 0 Å². The van der Waals surface area contributed by atoms with Crippen LogP contribution in [0.4, 0.5) is 0 Å².